The summed E-state index contributed by atoms with van der Waals surface area (Å²) in [7, 11) is 0. The minimum absolute atomic E-state index is 0.0385. The number of aliphatic hydroxyl groups is 2. The van der Waals surface area contributed by atoms with E-state index < -0.39 is 5.60 Å². The molecule has 0 saturated carbocycles. The molecule has 1 heterocycles. The van der Waals surface area contributed by atoms with E-state index in [1.165, 1.54) is 0 Å². The third kappa shape index (κ3) is 2.81. The molecule has 0 aliphatic heterocycles. The molecule has 104 valence electrons. The predicted octanol–water partition coefficient (Wildman–Crippen LogP) is 2.00. The molecule has 3 N–H and O–H groups in total. The molecule has 0 amide bonds. The van der Waals surface area contributed by atoms with Gasteiger partial charge in [-0.05, 0) is 37.6 Å². The van der Waals surface area contributed by atoms with Gasteiger partial charge in [0.25, 0.3) is 0 Å². The molecule has 1 aromatic heterocycles. The van der Waals surface area contributed by atoms with Gasteiger partial charge in [-0.3, -0.25) is 0 Å². The highest BCUT2D eigenvalue weighted by Gasteiger charge is 2.33. The maximum absolute atomic E-state index is 10.8. The van der Waals surface area contributed by atoms with Gasteiger partial charge >= 0.3 is 0 Å². The molecule has 0 fully saturated rings. The van der Waals surface area contributed by atoms with Crippen LogP contribution in [0.2, 0.25) is 0 Å². The molecule has 0 spiro atoms. The van der Waals surface area contributed by atoms with Gasteiger partial charge in [0.1, 0.15) is 11.2 Å². The second-order valence-corrected chi connectivity index (χ2v) is 4.94. The highest BCUT2D eigenvalue weighted by molar-refractivity contribution is 5.77. The molecule has 0 bridgehead atoms. The van der Waals surface area contributed by atoms with Crippen molar-refractivity contribution >= 4 is 11.0 Å². The van der Waals surface area contributed by atoms with E-state index in [9.17, 15) is 5.11 Å². The lowest BCUT2D eigenvalue weighted by molar-refractivity contribution is 0.00689. The zero-order valence-electron chi connectivity index (χ0n) is 11.4. The van der Waals surface area contributed by atoms with Crippen molar-refractivity contribution in [2.24, 2.45) is 0 Å². The highest BCUT2D eigenvalue weighted by atomic mass is 16.3. The first-order chi connectivity index (χ1) is 9.09. The largest absolute Gasteiger partial charge is 0.464 e. The lowest BCUT2D eigenvalue weighted by Gasteiger charge is -2.33. The highest BCUT2D eigenvalue weighted by Crippen LogP contribution is 2.29. The fourth-order valence-corrected chi connectivity index (χ4v) is 2.43. The molecule has 19 heavy (non-hydrogen) atoms. The molecule has 2 unspecified atom stereocenters. The fourth-order valence-electron chi connectivity index (χ4n) is 2.43. The summed E-state index contributed by atoms with van der Waals surface area (Å²) in [4.78, 5) is 0. The van der Waals surface area contributed by atoms with Crippen LogP contribution in [0.3, 0.4) is 0 Å². The quantitative estimate of drug-likeness (QED) is 0.746. The maximum atomic E-state index is 10.8. The Morgan fingerprint density at radius 1 is 1.37 bits per heavy atom. The lowest BCUT2D eigenvalue weighted by atomic mass is 9.86. The number of fused-ring (bicyclic) bond motifs is 1. The first-order valence-electron chi connectivity index (χ1n) is 6.64. The van der Waals surface area contributed by atoms with Crippen LogP contribution in [0.1, 0.15) is 25.8 Å². The van der Waals surface area contributed by atoms with Crippen molar-refractivity contribution < 1.29 is 14.6 Å². The van der Waals surface area contributed by atoms with Gasteiger partial charge in [0, 0.05) is 18.0 Å². The molecule has 4 heteroatoms. The van der Waals surface area contributed by atoms with Gasteiger partial charge in [-0.2, -0.15) is 0 Å². The Balaban J connectivity index is 2.34. The van der Waals surface area contributed by atoms with E-state index in [0.29, 0.717) is 6.42 Å². The smallest absolute Gasteiger partial charge is 0.134 e. The van der Waals surface area contributed by atoms with E-state index in [0.717, 1.165) is 23.1 Å². The Kier molecular flexibility index (Phi) is 4.24. The minimum atomic E-state index is -1.06. The molecular weight excluding hydrogens is 242 g/mol. The van der Waals surface area contributed by atoms with Gasteiger partial charge in [0.2, 0.25) is 0 Å². The molecule has 0 aliphatic rings. The predicted molar refractivity (Wildman–Crippen MR) is 75.0 cm³/mol. The standard InChI is InChI=1S/C15H21NO3/c1-3-16-14(6-8-17)15(2,18)12-5-4-11-7-9-19-13(11)10-12/h4-5,7,9-10,14,16-18H,3,6,8H2,1-2H3. The second-order valence-electron chi connectivity index (χ2n) is 4.94. The average Bonchev–Trinajstić information content (AvgIpc) is 2.85. The second kappa shape index (κ2) is 5.74. The normalized spacial score (nSPS) is 16.4. The van der Waals surface area contributed by atoms with E-state index in [4.69, 9.17) is 9.52 Å². The zero-order chi connectivity index (χ0) is 13.9. The number of furan rings is 1. The monoisotopic (exact) mass is 263 g/mol. The van der Waals surface area contributed by atoms with Gasteiger partial charge in [-0.15, -0.1) is 0 Å². The molecule has 0 radical (unpaired) electrons. The van der Waals surface area contributed by atoms with Crippen LogP contribution in [0.15, 0.2) is 34.9 Å². The summed E-state index contributed by atoms with van der Waals surface area (Å²) < 4.78 is 5.37. The summed E-state index contributed by atoms with van der Waals surface area (Å²) in [6.07, 6.45) is 2.13. The average molecular weight is 263 g/mol. The van der Waals surface area contributed by atoms with Crippen LogP contribution < -0.4 is 5.32 Å². The van der Waals surface area contributed by atoms with Crippen molar-refractivity contribution in [2.75, 3.05) is 13.2 Å². The SMILES string of the molecule is CCNC(CCO)C(C)(O)c1ccc2ccoc2c1. The van der Waals surface area contributed by atoms with Crippen LogP contribution in [-0.2, 0) is 5.60 Å². The van der Waals surface area contributed by atoms with Crippen LogP contribution in [0.25, 0.3) is 11.0 Å². The van der Waals surface area contributed by atoms with E-state index in [2.05, 4.69) is 5.32 Å². The summed E-state index contributed by atoms with van der Waals surface area (Å²) in [6, 6.07) is 7.39. The van der Waals surface area contributed by atoms with Crippen LogP contribution in [0.4, 0.5) is 0 Å². The van der Waals surface area contributed by atoms with Crippen molar-refractivity contribution in [3.63, 3.8) is 0 Å². The number of hydrogen-bond acceptors (Lipinski definition) is 4. The van der Waals surface area contributed by atoms with Crippen LogP contribution >= 0.6 is 0 Å². The van der Waals surface area contributed by atoms with Gasteiger partial charge in [0.15, 0.2) is 0 Å². The molecular formula is C15H21NO3. The number of aliphatic hydroxyl groups excluding tert-OH is 1. The summed E-state index contributed by atoms with van der Waals surface area (Å²) in [5, 5.41) is 24.2. The van der Waals surface area contributed by atoms with E-state index in [-0.39, 0.29) is 12.6 Å². The summed E-state index contributed by atoms with van der Waals surface area (Å²) in [6.45, 7) is 4.52. The fraction of sp³-hybridized carbons (Fsp3) is 0.467. The first kappa shape index (κ1) is 14.1. The molecule has 2 rings (SSSR count). The van der Waals surface area contributed by atoms with Crippen LogP contribution in [0.5, 0.6) is 0 Å². The Bertz CT molecular complexity index is 527. The van der Waals surface area contributed by atoms with Gasteiger partial charge < -0.3 is 19.9 Å². The molecule has 2 aromatic rings. The first-order valence-corrected chi connectivity index (χ1v) is 6.64. The molecule has 4 nitrogen and oxygen atoms in total. The summed E-state index contributed by atoms with van der Waals surface area (Å²) in [5.74, 6) is 0. The zero-order valence-corrected chi connectivity index (χ0v) is 11.4. The Morgan fingerprint density at radius 3 is 2.84 bits per heavy atom. The van der Waals surface area contributed by atoms with E-state index in [1.807, 2.05) is 31.2 Å². The molecule has 1 aromatic carbocycles. The van der Waals surface area contributed by atoms with Crippen LogP contribution in [-0.4, -0.2) is 29.4 Å². The van der Waals surface area contributed by atoms with E-state index in [1.54, 1.807) is 13.2 Å². The van der Waals surface area contributed by atoms with Crippen molar-refractivity contribution in [1.29, 1.82) is 0 Å². The van der Waals surface area contributed by atoms with Crippen LogP contribution in [0, 0.1) is 0 Å². The van der Waals surface area contributed by atoms with Crippen molar-refractivity contribution in [1.82, 2.24) is 5.32 Å². The number of rotatable bonds is 6. The lowest BCUT2D eigenvalue weighted by Crippen LogP contribution is -2.47. The third-order valence-electron chi connectivity index (χ3n) is 3.59. The van der Waals surface area contributed by atoms with Gasteiger partial charge in [-0.25, -0.2) is 0 Å². The topological polar surface area (TPSA) is 65.6 Å². The van der Waals surface area contributed by atoms with Crippen molar-refractivity contribution in [2.45, 2.75) is 31.9 Å². The minimum Gasteiger partial charge on any atom is -0.464 e. The van der Waals surface area contributed by atoms with E-state index >= 15 is 0 Å². The number of benzene rings is 1. The summed E-state index contributed by atoms with van der Waals surface area (Å²) in [5.41, 5.74) is 0.492. The molecule has 0 saturated heterocycles. The summed E-state index contributed by atoms with van der Waals surface area (Å²) >= 11 is 0. The van der Waals surface area contributed by atoms with Gasteiger partial charge in [-0.1, -0.05) is 19.1 Å². The number of nitrogens with one attached hydrogen (secondary N) is 1. The number of hydrogen-bond donors (Lipinski definition) is 3. The van der Waals surface area contributed by atoms with Gasteiger partial charge in [0.05, 0.1) is 6.26 Å². The van der Waals surface area contributed by atoms with Crippen molar-refractivity contribution in [3.05, 3.63) is 36.1 Å². The van der Waals surface area contributed by atoms with Crippen molar-refractivity contribution in [3.8, 4) is 0 Å². The number of likely N-dealkylation sites (N-methyl/N-ethyl adjacent to an activating group) is 1. The Hall–Kier alpha value is -1.36. The molecule has 0 aliphatic carbocycles. The maximum Gasteiger partial charge on any atom is 0.134 e. The Labute approximate surface area is 113 Å². The Morgan fingerprint density at radius 2 is 2.16 bits per heavy atom. The molecule has 2 atom stereocenters. The third-order valence-corrected chi connectivity index (χ3v) is 3.59.